The number of rotatable bonds is 2. The highest BCUT2D eigenvalue weighted by Crippen LogP contribution is 2.45. The molecule has 3 rings (SSSR count). The van der Waals surface area contributed by atoms with Crippen LogP contribution in [0.4, 0.5) is 4.79 Å². The maximum atomic E-state index is 12.5. The summed E-state index contributed by atoms with van der Waals surface area (Å²) >= 11 is 0. The SMILES string of the molecule is CC(C)(C)OC(=O)N1CC(C)(C)C1C1CCN(C(=O)C2CC2)CC1. The Morgan fingerprint density at radius 1 is 1.04 bits per heavy atom. The molecule has 2 aliphatic heterocycles. The third kappa shape index (κ3) is 3.55. The van der Waals surface area contributed by atoms with Crippen molar-refractivity contribution in [3.63, 3.8) is 0 Å². The highest BCUT2D eigenvalue weighted by Gasteiger charge is 2.53. The Morgan fingerprint density at radius 2 is 1.62 bits per heavy atom. The van der Waals surface area contributed by atoms with Gasteiger partial charge in [0.2, 0.25) is 5.91 Å². The number of piperidine rings is 1. The molecule has 2 amide bonds. The Morgan fingerprint density at radius 3 is 2.08 bits per heavy atom. The zero-order valence-electron chi connectivity index (χ0n) is 15.8. The van der Waals surface area contributed by atoms with Crippen molar-refractivity contribution in [1.82, 2.24) is 9.80 Å². The summed E-state index contributed by atoms with van der Waals surface area (Å²) in [5, 5.41) is 0. The maximum Gasteiger partial charge on any atom is 0.410 e. The molecule has 1 saturated carbocycles. The maximum absolute atomic E-state index is 12.5. The van der Waals surface area contributed by atoms with Gasteiger partial charge in [0.1, 0.15) is 5.60 Å². The quantitative estimate of drug-likeness (QED) is 0.777. The number of hydrogen-bond acceptors (Lipinski definition) is 3. The van der Waals surface area contributed by atoms with E-state index in [4.69, 9.17) is 4.74 Å². The van der Waals surface area contributed by atoms with Gasteiger partial charge in [-0.1, -0.05) is 13.8 Å². The molecule has 1 aliphatic carbocycles. The molecule has 3 fully saturated rings. The molecular formula is C19H32N2O3. The minimum atomic E-state index is -0.457. The van der Waals surface area contributed by atoms with Gasteiger partial charge in [0, 0.05) is 37.0 Å². The Kier molecular flexibility index (Phi) is 4.33. The molecule has 1 atom stereocenters. The lowest BCUT2D eigenvalue weighted by atomic mass is 9.67. The van der Waals surface area contributed by atoms with Gasteiger partial charge in [0.05, 0.1) is 0 Å². The van der Waals surface area contributed by atoms with Crippen LogP contribution in [0.2, 0.25) is 0 Å². The van der Waals surface area contributed by atoms with E-state index in [-0.39, 0.29) is 17.6 Å². The Bertz CT molecular complexity index is 511. The van der Waals surface area contributed by atoms with Crippen LogP contribution in [-0.4, -0.2) is 53.1 Å². The first-order valence-electron chi connectivity index (χ1n) is 9.37. The van der Waals surface area contributed by atoms with Crippen LogP contribution in [-0.2, 0) is 9.53 Å². The van der Waals surface area contributed by atoms with Crippen molar-refractivity contribution >= 4 is 12.0 Å². The highest BCUT2D eigenvalue weighted by molar-refractivity contribution is 5.81. The van der Waals surface area contributed by atoms with E-state index in [1.807, 2.05) is 30.6 Å². The minimum absolute atomic E-state index is 0.129. The average Bonchev–Trinajstić information content (AvgIpc) is 3.28. The molecule has 0 aromatic heterocycles. The van der Waals surface area contributed by atoms with Crippen LogP contribution >= 0.6 is 0 Å². The topological polar surface area (TPSA) is 49.9 Å². The minimum Gasteiger partial charge on any atom is -0.444 e. The van der Waals surface area contributed by atoms with Gasteiger partial charge in [-0.2, -0.15) is 0 Å². The first-order valence-corrected chi connectivity index (χ1v) is 9.37. The van der Waals surface area contributed by atoms with Gasteiger partial charge in [0.15, 0.2) is 0 Å². The van der Waals surface area contributed by atoms with Crippen LogP contribution in [0, 0.1) is 17.3 Å². The molecule has 0 aromatic carbocycles. The highest BCUT2D eigenvalue weighted by atomic mass is 16.6. The molecule has 0 bridgehead atoms. The lowest BCUT2D eigenvalue weighted by Crippen LogP contribution is -2.68. The molecule has 1 unspecified atom stereocenters. The van der Waals surface area contributed by atoms with Crippen LogP contribution in [0.25, 0.3) is 0 Å². The monoisotopic (exact) mass is 336 g/mol. The van der Waals surface area contributed by atoms with E-state index in [1.165, 1.54) is 0 Å². The summed E-state index contributed by atoms with van der Waals surface area (Å²) in [6.45, 7) is 12.6. The number of amides is 2. The van der Waals surface area contributed by atoms with Crippen molar-refractivity contribution < 1.29 is 14.3 Å². The summed E-state index contributed by atoms with van der Waals surface area (Å²) in [6.07, 6.45) is 3.93. The van der Waals surface area contributed by atoms with Crippen LogP contribution < -0.4 is 0 Å². The Labute approximate surface area is 145 Å². The number of carbonyl (C=O) groups excluding carboxylic acids is 2. The fraction of sp³-hybridized carbons (Fsp3) is 0.895. The lowest BCUT2D eigenvalue weighted by Gasteiger charge is -2.58. The summed E-state index contributed by atoms with van der Waals surface area (Å²) in [7, 11) is 0. The second-order valence-electron chi connectivity index (χ2n) is 9.48. The van der Waals surface area contributed by atoms with Gasteiger partial charge >= 0.3 is 6.09 Å². The molecule has 136 valence electrons. The number of nitrogens with zero attached hydrogens (tertiary/aromatic N) is 2. The van der Waals surface area contributed by atoms with Gasteiger partial charge in [0.25, 0.3) is 0 Å². The summed E-state index contributed by atoms with van der Waals surface area (Å²) < 4.78 is 5.58. The second kappa shape index (κ2) is 5.92. The van der Waals surface area contributed by atoms with E-state index < -0.39 is 5.60 Å². The third-order valence-electron chi connectivity index (χ3n) is 5.57. The van der Waals surface area contributed by atoms with Gasteiger partial charge in [-0.3, -0.25) is 4.79 Å². The zero-order valence-corrected chi connectivity index (χ0v) is 15.8. The van der Waals surface area contributed by atoms with Gasteiger partial charge in [-0.15, -0.1) is 0 Å². The summed E-state index contributed by atoms with van der Waals surface area (Å²) in [4.78, 5) is 28.7. The molecule has 0 spiro atoms. The normalized spacial score (nSPS) is 27.6. The fourth-order valence-corrected chi connectivity index (χ4v) is 4.36. The van der Waals surface area contributed by atoms with Crippen LogP contribution in [0.15, 0.2) is 0 Å². The van der Waals surface area contributed by atoms with Gasteiger partial charge in [-0.05, 0) is 52.4 Å². The number of hydrogen-bond donors (Lipinski definition) is 0. The van der Waals surface area contributed by atoms with Crippen molar-refractivity contribution in [3.05, 3.63) is 0 Å². The van der Waals surface area contributed by atoms with E-state index in [0.717, 1.165) is 45.3 Å². The molecule has 24 heavy (non-hydrogen) atoms. The fourth-order valence-electron chi connectivity index (χ4n) is 4.36. The first-order chi connectivity index (χ1) is 11.1. The molecule has 2 saturated heterocycles. The van der Waals surface area contributed by atoms with E-state index in [9.17, 15) is 9.59 Å². The van der Waals surface area contributed by atoms with Crippen molar-refractivity contribution in [2.45, 2.75) is 71.9 Å². The van der Waals surface area contributed by atoms with Crippen molar-refractivity contribution in [1.29, 1.82) is 0 Å². The predicted octanol–water partition coefficient (Wildman–Crippen LogP) is 3.28. The van der Waals surface area contributed by atoms with Crippen LogP contribution in [0.1, 0.15) is 60.3 Å². The predicted molar refractivity (Wildman–Crippen MR) is 92.5 cm³/mol. The van der Waals surface area contributed by atoms with Crippen molar-refractivity contribution in [3.8, 4) is 0 Å². The molecule has 5 nitrogen and oxygen atoms in total. The molecule has 5 heteroatoms. The van der Waals surface area contributed by atoms with Gasteiger partial charge in [-0.25, -0.2) is 4.79 Å². The second-order valence-corrected chi connectivity index (χ2v) is 9.48. The molecule has 0 aromatic rings. The first kappa shape index (κ1) is 17.6. The third-order valence-corrected chi connectivity index (χ3v) is 5.57. The number of ether oxygens (including phenoxy) is 1. The smallest absolute Gasteiger partial charge is 0.410 e. The molecular weight excluding hydrogens is 304 g/mol. The summed E-state index contributed by atoms with van der Waals surface area (Å²) in [5.41, 5.74) is -0.328. The van der Waals surface area contributed by atoms with Gasteiger partial charge < -0.3 is 14.5 Å². The summed E-state index contributed by atoms with van der Waals surface area (Å²) in [6, 6.07) is 0.227. The molecule has 2 heterocycles. The largest absolute Gasteiger partial charge is 0.444 e. The molecule has 0 radical (unpaired) electrons. The summed E-state index contributed by atoms with van der Waals surface area (Å²) in [5.74, 6) is 1.12. The molecule has 0 N–H and O–H groups in total. The van der Waals surface area contributed by atoms with Crippen molar-refractivity contribution in [2.75, 3.05) is 19.6 Å². The zero-order chi connectivity index (χ0) is 17.7. The van der Waals surface area contributed by atoms with Crippen LogP contribution in [0.3, 0.4) is 0 Å². The van der Waals surface area contributed by atoms with Crippen LogP contribution in [0.5, 0.6) is 0 Å². The van der Waals surface area contributed by atoms with E-state index >= 15 is 0 Å². The standard InChI is InChI=1S/C19H32N2O3/c1-18(2,3)24-17(23)21-12-19(4,5)15(21)13-8-10-20(11-9-13)16(22)14-6-7-14/h13-15H,6-12H2,1-5H3. The molecule has 3 aliphatic rings. The van der Waals surface area contributed by atoms with E-state index in [1.54, 1.807) is 0 Å². The van der Waals surface area contributed by atoms with E-state index in [2.05, 4.69) is 13.8 Å². The number of likely N-dealkylation sites (tertiary alicyclic amines) is 2. The Hall–Kier alpha value is -1.26. The number of carbonyl (C=O) groups is 2. The van der Waals surface area contributed by atoms with E-state index in [0.29, 0.717) is 17.7 Å². The average molecular weight is 336 g/mol. The van der Waals surface area contributed by atoms with Crippen molar-refractivity contribution in [2.24, 2.45) is 17.3 Å². The Balaban J connectivity index is 1.59. The lowest BCUT2D eigenvalue weighted by molar-refractivity contribution is -0.136.